The molecule has 0 atom stereocenters. The van der Waals surface area contributed by atoms with E-state index in [0.29, 0.717) is 5.15 Å². The maximum absolute atomic E-state index is 6.15. The molecule has 0 unspecified atom stereocenters. The maximum atomic E-state index is 6.15. The first-order valence-electron chi connectivity index (χ1n) is 7.33. The van der Waals surface area contributed by atoms with E-state index in [4.69, 9.17) is 11.6 Å². The van der Waals surface area contributed by atoms with E-state index < -0.39 is 0 Å². The summed E-state index contributed by atoms with van der Waals surface area (Å²) in [5.74, 6) is 0. The van der Waals surface area contributed by atoms with Gasteiger partial charge in [-0.3, -0.25) is 0 Å². The summed E-state index contributed by atoms with van der Waals surface area (Å²) < 4.78 is 0. The zero-order chi connectivity index (χ0) is 14.8. The highest BCUT2D eigenvalue weighted by Gasteiger charge is 2.13. The molecule has 0 saturated carbocycles. The number of hydrogen-bond donors (Lipinski definition) is 1. The third-order valence-electron chi connectivity index (χ3n) is 4.08. The molecule has 4 heteroatoms. The topological polar surface area (TPSA) is 28.2 Å². The average molecular weight is 302 g/mol. The highest BCUT2D eigenvalue weighted by molar-refractivity contribution is 6.32. The summed E-state index contributed by atoms with van der Waals surface area (Å²) in [6, 6.07) is 8.68. The molecule has 21 heavy (non-hydrogen) atoms. The highest BCUT2D eigenvalue weighted by atomic mass is 35.5. The molecule has 0 saturated heterocycles. The molecule has 1 aliphatic heterocycles. The second-order valence-electron chi connectivity index (χ2n) is 5.64. The maximum Gasteiger partial charge on any atom is 0.152 e. The van der Waals surface area contributed by atoms with Gasteiger partial charge in [0.1, 0.15) is 0 Å². The van der Waals surface area contributed by atoms with E-state index in [2.05, 4.69) is 40.4 Å². The summed E-state index contributed by atoms with van der Waals surface area (Å²) in [7, 11) is 2.16. The van der Waals surface area contributed by atoms with Gasteiger partial charge in [0.05, 0.1) is 5.69 Å². The summed E-state index contributed by atoms with van der Waals surface area (Å²) in [6.07, 6.45) is 4.13. The van der Waals surface area contributed by atoms with Crippen molar-refractivity contribution in [2.75, 3.05) is 23.8 Å². The molecule has 0 fully saturated rings. The van der Waals surface area contributed by atoms with E-state index >= 15 is 0 Å². The molecule has 1 aromatic carbocycles. The minimum atomic E-state index is 0.535. The predicted molar refractivity (Wildman–Crippen MR) is 89.3 cm³/mol. The van der Waals surface area contributed by atoms with Gasteiger partial charge in [-0.05, 0) is 48.6 Å². The Morgan fingerprint density at radius 2 is 2.19 bits per heavy atom. The van der Waals surface area contributed by atoms with Crippen LogP contribution in [0.5, 0.6) is 0 Å². The van der Waals surface area contributed by atoms with Crippen LogP contribution in [-0.4, -0.2) is 18.6 Å². The van der Waals surface area contributed by atoms with E-state index in [-0.39, 0.29) is 0 Å². The fourth-order valence-corrected chi connectivity index (χ4v) is 3.15. The molecule has 0 spiro atoms. The van der Waals surface area contributed by atoms with Crippen molar-refractivity contribution >= 4 is 23.0 Å². The Morgan fingerprint density at radius 3 is 3.00 bits per heavy atom. The molecule has 0 bridgehead atoms. The van der Waals surface area contributed by atoms with Crippen LogP contribution in [0.2, 0.25) is 5.15 Å². The minimum Gasteiger partial charge on any atom is -0.378 e. The molecule has 0 aliphatic carbocycles. The molecule has 0 radical (unpaired) electrons. The van der Waals surface area contributed by atoms with Gasteiger partial charge < -0.3 is 10.2 Å². The average Bonchev–Trinajstić information content (AvgIpc) is 2.47. The van der Waals surface area contributed by atoms with Crippen molar-refractivity contribution in [3.05, 3.63) is 52.3 Å². The van der Waals surface area contributed by atoms with Crippen LogP contribution in [0.3, 0.4) is 0 Å². The highest BCUT2D eigenvalue weighted by Crippen LogP contribution is 2.28. The molecule has 3 nitrogen and oxygen atoms in total. The Labute approximate surface area is 131 Å². The lowest BCUT2D eigenvalue weighted by Gasteiger charge is -2.28. The Hall–Kier alpha value is -1.74. The van der Waals surface area contributed by atoms with Gasteiger partial charge in [-0.2, -0.15) is 0 Å². The number of aromatic nitrogens is 1. The normalized spacial score (nSPS) is 14.0. The van der Waals surface area contributed by atoms with Gasteiger partial charge in [0, 0.05) is 32.0 Å². The van der Waals surface area contributed by atoms with E-state index in [1.807, 2.05) is 13.0 Å². The van der Waals surface area contributed by atoms with Gasteiger partial charge in [-0.1, -0.05) is 23.7 Å². The summed E-state index contributed by atoms with van der Waals surface area (Å²) in [6.45, 7) is 3.95. The molecule has 1 aromatic heterocycles. The first-order chi connectivity index (χ1) is 10.1. The van der Waals surface area contributed by atoms with Gasteiger partial charge in [0.2, 0.25) is 0 Å². The van der Waals surface area contributed by atoms with E-state index in [9.17, 15) is 0 Å². The summed E-state index contributed by atoms with van der Waals surface area (Å²) in [4.78, 5) is 6.46. The molecule has 110 valence electrons. The fraction of sp³-hybridized carbons (Fsp3) is 0.353. The van der Waals surface area contributed by atoms with Gasteiger partial charge in [-0.25, -0.2) is 4.98 Å². The standard InChI is InChI=1S/C17H20ClN3/c1-12-7-8-19-17(18)16(12)20-11-13-5-6-15-14(10-13)4-3-9-21(15)2/h5-8,10,20H,3-4,9,11H2,1-2H3. The zero-order valence-corrected chi connectivity index (χ0v) is 13.2. The van der Waals surface area contributed by atoms with Gasteiger partial charge in [-0.15, -0.1) is 0 Å². The molecule has 0 amide bonds. The lowest BCUT2D eigenvalue weighted by Crippen LogP contribution is -2.24. The zero-order valence-electron chi connectivity index (χ0n) is 12.5. The number of nitrogens with zero attached hydrogens (tertiary/aromatic N) is 2. The molecule has 2 aromatic rings. The van der Waals surface area contributed by atoms with Crippen LogP contribution in [-0.2, 0) is 13.0 Å². The third-order valence-corrected chi connectivity index (χ3v) is 4.36. The number of aryl methyl sites for hydroxylation is 2. The van der Waals surface area contributed by atoms with Crippen LogP contribution < -0.4 is 10.2 Å². The summed E-state index contributed by atoms with van der Waals surface area (Å²) in [5.41, 5.74) is 6.13. The lowest BCUT2D eigenvalue weighted by molar-refractivity contribution is 0.743. The van der Waals surface area contributed by atoms with Crippen LogP contribution in [0, 0.1) is 6.92 Å². The Kier molecular flexibility index (Phi) is 4.02. The SMILES string of the molecule is Cc1ccnc(Cl)c1NCc1ccc2c(c1)CCCN2C. The van der Waals surface area contributed by atoms with Gasteiger partial charge >= 0.3 is 0 Å². The number of pyridine rings is 1. The number of hydrogen-bond acceptors (Lipinski definition) is 3. The van der Waals surface area contributed by atoms with Crippen molar-refractivity contribution in [3.63, 3.8) is 0 Å². The third kappa shape index (κ3) is 2.98. The monoisotopic (exact) mass is 301 g/mol. The number of rotatable bonds is 3. The minimum absolute atomic E-state index is 0.535. The van der Waals surface area contributed by atoms with Crippen LogP contribution in [0.1, 0.15) is 23.1 Å². The predicted octanol–water partition coefficient (Wildman–Crippen LogP) is 4.04. The number of halogens is 1. The van der Waals surface area contributed by atoms with Crippen molar-refractivity contribution in [1.29, 1.82) is 0 Å². The number of anilines is 2. The number of nitrogens with one attached hydrogen (secondary N) is 1. The van der Waals surface area contributed by atoms with Crippen LogP contribution in [0.4, 0.5) is 11.4 Å². The first-order valence-corrected chi connectivity index (χ1v) is 7.71. The van der Waals surface area contributed by atoms with Crippen molar-refractivity contribution in [3.8, 4) is 0 Å². The molecule has 2 heterocycles. The number of benzene rings is 1. The van der Waals surface area contributed by atoms with Crippen molar-refractivity contribution in [2.24, 2.45) is 0 Å². The number of fused-ring (bicyclic) bond motifs is 1. The fourth-order valence-electron chi connectivity index (χ4n) is 2.88. The van der Waals surface area contributed by atoms with Crippen molar-refractivity contribution in [1.82, 2.24) is 4.98 Å². The van der Waals surface area contributed by atoms with Crippen LogP contribution >= 0.6 is 11.6 Å². The van der Waals surface area contributed by atoms with Gasteiger partial charge in [0.15, 0.2) is 5.15 Å². The quantitative estimate of drug-likeness (QED) is 0.867. The molecular weight excluding hydrogens is 282 g/mol. The molecular formula is C17H20ClN3. The summed E-state index contributed by atoms with van der Waals surface area (Å²) >= 11 is 6.15. The van der Waals surface area contributed by atoms with E-state index in [1.165, 1.54) is 29.7 Å². The molecule has 1 N–H and O–H groups in total. The molecule has 3 rings (SSSR count). The van der Waals surface area contributed by atoms with Crippen LogP contribution in [0.25, 0.3) is 0 Å². The Balaban J connectivity index is 1.77. The van der Waals surface area contributed by atoms with Crippen LogP contribution in [0.15, 0.2) is 30.5 Å². The Bertz CT molecular complexity index is 634. The largest absolute Gasteiger partial charge is 0.378 e. The van der Waals surface area contributed by atoms with E-state index in [1.54, 1.807) is 6.20 Å². The second-order valence-corrected chi connectivity index (χ2v) is 5.99. The second kappa shape index (κ2) is 5.94. The van der Waals surface area contributed by atoms with Gasteiger partial charge in [0.25, 0.3) is 0 Å². The van der Waals surface area contributed by atoms with Crippen molar-refractivity contribution < 1.29 is 0 Å². The Morgan fingerprint density at radius 1 is 1.33 bits per heavy atom. The van der Waals surface area contributed by atoms with Crippen molar-refractivity contribution in [2.45, 2.75) is 26.3 Å². The summed E-state index contributed by atoms with van der Waals surface area (Å²) in [5, 5.41) is 3.94. The van der Waals surface area contributed by atoms with E-state index in [0.717, 1.165) is 24.3 Å². The lowest BCUT2D eigenvalue weighted by atomic mass is 9.99. The first kappa shape index (κ1) is 14.2. The smallest absolute Gasteiger partial charge is 0.152 e. The molecule has 1 aliphatic rings.